The van der Waals surface area contributed by atoms with E-state index in [1.54, 1.807) is 0 Å². The highest BCUT2D eigenvalue weighted by molar-refractivity contribution is 6.32. The second-order valence-corrected chi connectivity index (χ2v) is 3.09. The van der Waals surface area contributed by atoms with Crippen LogP contribution >= 0.6 is 11.6 Å². The molecular formula is C8H6ClFN4. The van der Waals surface area contributed by atoms with E-state index in [-0.39, 0.29) is 10.8 Å². The van der Waals surface area contributed by atoms with Crippen LogP contribution in [0.25, 0.3) is 5.69 Å². The zero-order valence-corrected chi connectivity index (χ0v) is 7.74. The van der Waals surface area contributed by atoms with Gasteiger partial charge in [0.2, 0.25) is 0 Å². The van der Waals surface area contributed by atoms with E-state index in [4.69, 9.17) is 17.3 Å². The fourth-order valence-corrected chi connectivity index (χ4v) is 1.32. The molecule has 1 aromatic heterocycles. The first-order valence-corrected chi connectivity index (χ1v) is 4.18. The standard InChI is InChI=1S/C8H6ClFN4/c9-6-3-5(10)1-2-7(6)14-4-8(11)12-13-14/h1-4H,11H2. The molecule has 0 radical (unpaired) electrons. The maximum Gasteiger partial charge on any atom is 0.166 e. The quantitative estimate of drug-likeness (QED) is 0.782. The Bertz CT molecular complexity index is 468. The number of halogens is 2. The molecule has 0 amide bonds. The van der Waals surface area contributed by atoms with Gasteiger partial charge in [-0.05, 0) is 18.2 Å². The molecule has 2 rings (SSSR count). The molecule has 4 nitrogen and oxygen atoms in total. The van der Waals surface area contributed by atoms with Gasteiger partial charge < -0.3 is 5.73 Å². The van der Waals surface area contributed by atoms with Crippen molar-refractivity contribution >= 4 is 17.4 Å². The van der Waals surface area contributed by atoms with Gasteiger partial charge in [0.1, 0.15) is 5.82 Å². The minimum atomic E-state index is -0.396. The summed E-state index contributed by atoms with van der Waals surface area (Å²) in [7, 11) is 0. The summed E-state index contributed by atoms with van der Waals surface area (Å²) in [5.74, 6) is -0.114. The van der Waals surface area contributed by atoms with E-state index >= 15 is 0 Å². The number of rotatable bonds is 1. The lowest BCUT2D eigenvalue weighted by molar-refractivity contribution is 0.627. The van der Waals surface area contributed by atoms with Gasteiger partial charge in [-0.25, -0.2) is 9.07 Å². The van der Waals surface area contributed by atoms with Gasteiger partial charge in [-0.15, -0.1) is 5.10 Å². The molecule has 2 N–H and O–H groups in total. The van der Waals surface area contributed by atoms with Crippen LogP contribution in [0.15, 0.2) is 24.4 Å². The van der Waals surface area contributed by atoms with Crippen LogP contribution in [-0.4, -0.2) is 15.0 Å². The van der Waals surface area contributed by atoms with Crippen LogP contribution in [0.3, 0.4) is 0 Å². The third kappa shape index (κ3) is 1.54. The summed E-state index contributed by atoms with van der Waals surface area (Å²) >= 11 is 5.80. The Balaban J connectivity index is 2.52. The largest absolute Gasteiger partial charge is 0.381 e. The first-order chi connectivity index (χ1) is 6.66. The molecule has 6 heteroatoms. The average Bonchev–Trinajstić information content (AvgIpc) is 2.51. The molecule has 2 aromatic rings. The van der Waals surface area contributed by atoms with E-state index in [9.17, 15) is 4.39 Å². The predicted octanol–water partition coefficient (Wildman–Crippen LogP) is 1.64. The first-order valence-electron chi connectivity index (χ1n) is 3.80. The lowest BCUT2D eigenvalue weighted by Gasteiger charge is -2.01. The molecule has 0 bridgehead atoms. The van der Waals surface area contributed by atoms with E-state index in [1.807, 2.05) is 0 Å². The molecule has 0 unspecified atom stereocenters. The molecule has 1 heterocycles. The van der Waals surface area contributed by atoms with Crippen molar-refractivity contribution in [1.82, 2.24) is 15.0 Å². The van der Waals surface area contributed by atoms with Crippen LogP contribution in [0.1, 0.15) is 0 Å². The van der Waals surface area contributed by atoms with Crippen LogP contribution in [-0.2, 0) is 0 Å². The zero-order chi connectivity index (χ0) is 10.1. The molecule has 0 fully saturated rings. The van der Waals surface area contributed by atoms with Gasteiger partial charge in [0.25, 0.3) is 0 Å². The molecule has 0 aliphatic heterocycles. The van der Waals surface area contributed by atoms with Crippen molar-refractivity contribution in [3.05, 3.63) is 35.2 Å². The Labute approximate surface area is 84.1 Å². The van der Waals surface area contributed by atoms with Crippen molar-refractivity contribution in [1.29, 1.82) is 0 Å². The number of nitrogens with zero attached hydrogens (tertiary/aromatic N) is 3. The van der Waals surface area contributed by atoms with E-state index in [1.165, 1.54) is 29.1 Å². The summed E-state index contributed by atoms with van der Waals surface area (Å²) < 4.78 is 14.1. The number of hydrogen-bond donors (Lipinski definition) is 1. The monoisotopic (exact) mass is 212 g/mol. The van der Waals surface area contributed by atoms with E-state index in [2.05, 4.69) is 10.3 Å². The van der Waals surface area contributed by atoms with Crippen molar-refractivity contribution in [2.75, 3.05) is 5.73 Å². The van der Waals surface area contributed by atoms with E-state index in [0.29, 0.717) is 5.69 Å². The Morgan fingerprint density at radius 3 is 2.79 bits per heavy atom. The maximum absolute atomic E-state index is 12.7. The second-order valence-electron chi connectivity index (χ2n) is 2.68. The van der Waals surface area contributed by atoms with Crippen molar-refractivity contribution in [3.63, 3.8) is 0 Å². The van der Waals surface area contributed by atoms with Gasteiger partial charge in [-0.3, -0.25) is 0 Å². The average molecular weight is 213 g/mol. The third-order valence-corrected chi connectivity index (χ3v) is 1.97. The van der Waals surface area contributed by atoms with Crippen molar-refractivity contribution in [2.24, 2.45) is 0 Å². The SMILES string of the molecule is Nc1cn(-c2ccc(F)cc2Cl)nn1. The molecule has 0 saturated heterocycles. The highest BCUT2D eigenvalue weighted by Crippen LogP contribution is 2.20. The normalized spacial score (nSPS) is 10.4. The molecule has 0 aliphatic rings. The van der Waals surface area contributed by atoms with Crippen molar-refractivity contribution in [3.8, 4) is 5.69 Å². The number of aromatic nitrogens is 3. The molecule has 14 heavy (non-hydrogen) atoms. The van der Waals surface area contributed by atoms with Gasteiger partial charge in [-0.1, -0.05) is 16.8 Å². The molecule has 0 spiro atoms. The Morgan fingerprint density at radius 1 is 1.43 bits per heavy atom. The molecule has 72 valence electrons. The summed E-state index contributed by atoms with van der Waals surface area (Å²) in [6.07, 6.45) is 1.50. The first kappa shape index (κ1) is 8.96. The molecular weight excluding hydrogens is 207 g/mol. The molecule has 0 atom stereocenters. The lowest BCUT2D eigenvalue weighted by atomic mass is 10.3. The van der Waals surface area contributed by atoms with Gasteiger partial charge in [0.15, 0.2) is 5.82 Å². The van der Waals surface area contributed by atoms with Crippen LogP contribution < -0.4 is 5.73 Å². The Kier molecular flexibility index (Phi) is 2.09. The summed E-state index contributed by atoms with van der Waals surface area (Å²) in [4.78, 5) is 0. The number of hydrogen-bond acceptors (Lipinski definition) is 3. The number of nitrogen functional groups attached to an aromatic ring is 1. The lowest BCUT2D eigenvalue weighted by Crippen LogP contribution is -1.96. The van der Waals surface area contributed by atoms with E-state index in [0.717, 1.165) is 0 Å². The minimum absolute atomic E-state index is 0.259. The van der Waals surface area contributed by atoms with E-state index < -0.39 is 5.82 Å². The van der Waals surface area contributed by atoms with Crippen molar-refractivity contribution in [2.45, 2.75) is 0 Å². The van der Waals surface area contributed by atoms with Crippen LogP contribution in [0.5, 0.6) is 0 Å². The fourth-order valence-electron chi connectivity index (χ4n) is 1.06. The van der Waals surface area contributed by atoms with Crippen LogP contribution in [0.2, 0.25) is 5.02 Å². The highest BCUT2D eigenvalue weighted by Gasteiger charge is 2.05. The number of anilines is 1. The van der Waals surface area contributed by atoms with Gasteiger partial charge in [-0.2, -0.15) is 0 Å². The molecule has 0 saturated carbocycles. The van der Waals surface area contributed by atoms with Gasteiger partial charge >= 0.3 is 0 Å². The summed E-state index contributed by atoms with van der Waals surface area (Å²) in [6, 6.07) is 4.00. The summed E-state index contributed by atoms with van der Waals surface area (Å²) in [5.41, 5.74) is 5.92. The van der Waals surface area contributed by atoms with Crippen LogP contribution in [0.4, 0.5) is 10.2 Å². The molecule has 1 aromatic carbocycles. The fraction of sp³-hybridized carbons (Fsp3) is 0. The number of benzene rings is 1. The maximum atomic E-state index is 12.7. The Hall–Kier alpha value is -1.62. The zero-order valence-electron chi connectivity index (χ0n) is 6.98. The minimum Gasteiger partial charge on any atom is -0.381 e. The summed E-state index contributed by atoms with van der Waals surface area (Å²) in [6.45, 7) is 0. The number of nitrogens with two attached hydrogens (primary N) is 1. The van der Waals surface area contributed by atoms with Gasteiger partial charge in [0, 0.05) is 0 Å². The predicted molar refractivity (Wildman–Crippen MR) is 50.7 cm³/mol. The van der Waals surface area contributed by atoms with Crippen LogP contribution in [0, 0.1) is 5.82 Å². The molecule has 0 aliphatic carbocycles. The van der Waals surface area contributed by atoms with Crippen molar-refractivity contribution < 1.29 is 4.39 Å². The third-order valence-electron chi connectivity index (χ3n) is 1.67. The Morgan fingerprint density at radius 2 is 2.21 bits per heavy atom. The second kappa shape index (κ2) is 3.26. The summed E-state index contributed by atoms with van der Waals surface area (Å²) in [5, 5.41) is 7.57. The smallest absolute Gasteiger partial charge is 0.166 e. The van der Waals surface area contributed by atoms with Gasteiger partial charge in [0.05, 0.1) is 16.9 Å². The topological polar surface area (TPSA) is 56.7 Å². The highest BCUT2D eigenvalue weighted by atomic mass is 35.5.